The van der Waals surface area contributed by atoms with E-state index < -0.39 is 0 Å². The Morgan fingerprint density at radius 1 is 1.03 bits per heavy atom. The van der Waals surface area contributed by atoms with E-state index in [9.17, 15) is 0 Å². The Bertz CT molecular complexity index is 1290. The highest BCUT2D eigenvalue weighted by atomic mass is 32.1. The fraction of sp³-hybridized carbons (Fsp3) is 0.217. The second-order valence-corrected chi connectivity index (χ2v) is 8.54. The summed E-state index contributed by atoms with van der Waals surface area (Å²) in [6, 6.07) is 10.1. The normalized spacial score (nSPS) is 14.3. The van der Waals surface area contributed by atoms with Crippen LogP contribution in [0.3, 0.4) is 0 Å². The van der Waals surface area contributed by atoms with Gasteiger partial charge in [0.15, 0.2) is 5.13 Å². The topological polar surface area (TPSA) is 85.3 Å². The van der Waals surface area contributed by atoms with Crippen LogP contribution < -0.4 is 15.0 Å². The number of aromatic nitrogens is 4. The van der Waals surface area contributed by atoms with Gasteiger partial charge in [-0.05, 0) is 35.4 Å². The molecule has 5 heterocycles. The van der Waals surface area contributed by atoms with E-state index in [4.69, 9.17) is 24.4 Å². The molecule has 2 aliphatic rings. The van der Waals surface area contributed by atoms with E-state index in [1.807, 2.05) is 23.6 Å². The van der Waals surface area contributed by atoms with E-state index in [0.29, 0.717) is 19.2 Å². The number of benzene rings is 1. The van der Waals surface area contributed by atoms with Gasteiger partial charge in [0.2, 0.25) is 5.95 Å². The molecule has 8 nitrogen and oxygen atoms in total. The minimum Gasteiger partial charge on any atom is -0.497 e. The number of nitrogens with one attached hydrogen (secondary N) is 1. The van der Waals surface area contributed by atoms with Crippen LogP contribution in [0.25, 0.3) is 11.3 Å². The minimum absolute atomic E-state index is 0.494. The van der Waals surface area contributed by atoms with Crippen LogP contribution in [-0.2, 0) is 31.0 Å². The monoisotopic (exact) mass is 444 g/mol. The predicted octanol–water partition coefficient (Wildman–Crippen LogP) is 4.30. The van der Waals surface area contributed by atoms with Crippen molar-refractivity contribution in [1.82, 2.24) is 19.9 Å². The Kier molecular flexibility index (Phi) is 4.70. The molecule has 3 aromatic heterocycles. The van der Waals surface area contributed by atoms with Gasteiger partial charge in [-0.15, -0.1) is 11.3 Å². The summed E-state index contributed by atoms with van der Waals surface area (Å²) in [5.74, 6) is 2.31. The second kappa shape index (κ2) is 7.85. The molecular formula is C23H20N6O2S. The fourth-order valence-electron chi connectivity index (χ4n) is 4.01. The minimum atomic E-state index is 0.494. The number of hydrogen-bond acceptors (Lipinski definition) is 9. The second-order valence-electron chi connectivity index (χ2n) is 7.68. The lowest BCUT2D eigenvalue weighted by molar-refractivity contribution is 0.133. The summed E-state index contributed by atoms with van der Waals surface area (Å²) in [5.41, 5.74) is 6.37. The Labute approximate surface area is 188 Å². The van der Waals surface area contributed by atoms with Gasteiger partial charge in [-0.1, -0.05) is 6.07 Å². The van der Waals surface area contributed by atoms with Crippen molar-refractivity contribution in [2.75, 3.05) is 17.3 Å². The van der Waals surface area contributed by atoms with Gasteiger partial charge < -0.3 is 19.7 Å². The van der Waals surface area contributed by atoms with Crippen LogP contribution in [0.5, 0.6) is 5.75 Å². The lowest BCUT2D eigenvalue weighted by atomic mass is 10.1. The number of ether oxygens (including phenoxy) is 2. The fourth-order valence-corrected chi connectivity index (χ4v) is 4.73. The molecule has 0 atom stereocenters. The van der Waals surface area contributed by atoms with Crippen LogP contribution in [0.15, 0.2) is 48.1 Å². The van der Waals surface area contributed by atoms with E-state index in [0.717, 1.165) is 52.3 Å². The molecule has 0 saturated heterocycles. The molecule has 0 saturated carbocycles. The maximum atomic E-state index is 5.68. The number of fused-ring (bicyclic) bond motifs is 2. The van der Waals surface area contributed by atoms with Gasteiger partial charge in [0.1, 0.15) is 11.6 Å². The van der Waals surface area contributed by atoms with Gasteiger partial charge in [0.05, 0.1) is 31.7 Å². The molecule has 6 rings (SSSR count). The summed E-state index contributed by atoms with van der Waals surface area (Å²) in [4.78, 5) is 20.7. The zero-order valence-corrected chi connectivity index (χ0v) is 18.2. The van der Waals surface area contributed by atoms with Crippen LogP contribution in [0.1, 0.15) is 22.4 Å². The van der Waals surface area contributed by atoms with Crippen LogP contribution in [-0.4, -0.2) is 27.0 Å². The first kappa shape index (κ1) is 19.1. The van der Waals surface area contributed by atoms with E-state index in [2.05, 4.69) is 27.3 Å². The molecule has 0 radical (unpaired) electrons. The zero-order valence-electron chi connectivity index (χ0n) is 17.4. The van der Waals surface area contributed by atoms with E-state index in [1.54, 1.807) is 30.8 Å². The Morgan fingerprint density at radius 2 is 1.91 bits per heavy atom. The van der Waals surface area contributed by atoms with Gasteiger partial charge >= 0.3 is 0 Å². The number of anilines is 3. The van der Waals surface area contributed by atoms with Crippen LogP contribution in [0.4, 0.5) is 16.9 Å². The van der Waals surface area contributed by atoms with Crippen molar-refractivity contribution >= 4 is 28.2 Å². The molecule has 160 valence electrons. The van der Waals surface area contributed by atoms with Gasteiger partial charge in [-0.3, -0.25) is 4.98 Å². The lowest BCUT2D eigenvalue weighted by Crippen LogP contribution is -2.19. The number of pyridine rings is 1. The molecule has 1 N–H and O–H groups in total. The molecule has 9 heteroatoms. The number of nitrogens with zero attached hydrogens (tertiary/aromatic N) is 5. The summed E-state index contributed by atoms with van der Waals surface area (Å²) in [6.07, 6.45) is 3.54. The Balaban J connectivity index is 1.29. The van der Waals surface area contributed by atoms with Crippen molar-refractivity contribution in [1.29, 1.82) is 0 Å². The first-order valence-corrected chi connectivity index (χ1v) is 11.2. The van der Waals surface area contributed by atoms with Crippen LogP contribution >= 0.6 is 11.3 Å². The first-order valence-electron chi connectivity index (χ1n) is 10.3. The van der Waals surface area contributed by atoms with Crippen LogP contribution in [0, 0.1) is 0 Å². The van der Waals surface area contributed by atoms with Crippen molar-refractivity contribution in [2.45, 2.75) is 26.3 Å². The summed E-state index contributed by atoms with van der Waals surface area (Å²) in [7, 11) is 1.69. The predicted molar refractivity (Wildman–Crippen MR) is 122 cm³/mol. The number of rotatable bonds is 5. The molecule has 32 heavy (non-hydrogen) atoms. The molecule has 0 amide bonds. The SMILES string of the molecule is COc1ccc2c(c1)CN(c1nc3c(c(Nc4nc(-c5ccncc5)cs4)n1)COC3)C2. The van der Waals surface area contributed by atoms with Crippen molar-refractivity contribution < 1.29 is 9.47 Å². The van der Waals surface area contributed by atoms with Crippen molar-refractivity contribution in [3.05, 3.63) is 70.5 Å². The Morgan fingerprint density at radius 3 is 2.78 bits per heavy atom. The molecule has 2 aliphatic heterocycles. The molecule has 0 aliphatic carbocycles. The van der Waals surface area contributed by atoms with Crippen molar-refractivity contribution in [3.63, 3.8) is 0 Å². The van der Waals surface area contributed by atoms with E-state index in [-0.39, 0.29) is 0 Å². The number of methoxy groups -OCH3 is 1. The third-order valence-corrected chi connectivity index (χ3v) is 6.45. The van der Waals surface area contributed by atoms with Crippen LogP contribution in [0.2, 0.25) is 0 Å². The highest BCUT2D eigenvalue weighted by molar-refractivity contribution is 7.14. The van der Waals surface area contributed by atoms with E-state index in [1.165, 1.54) is 11.1 Å². The molecule has 0 unspecified atom stereocenters. The molecule has 0 spiro atoms. The number of thiazole rings is 1. The molecule has 0 fully saturated rings. The zero-order chi connectivity index (χ0) is 21.5. The Hall–Kier alpha value is -3.56. The standard InChI is InChI=1S/C23H20N6O2S/c1-30-17-3-2-15-9-29(10-16(15)8-17)22-25-19-12-31-11-18(19)21(27-22)28-23-26-20(13-32-23)14-4-6-24-7-5-14/h2-8,13H,9-12H2,1H3,(H,25,26,27,28). The number of hydrogen-bond donors (Lipinski definition) is 1. The maximum Gasteiger partial charge on any atom is 0.228 e. The third kappa shape index (κ3) is 3.45. The van der Waals surface area contributed by atoms with Gasteiger partial charge in [0, 0.05) is 42.0 Å². The van der Waals surface area contributed by atoms with E-state index >= 15 is 0 Å². The average Bonchev–Trinajstić information content (AvgIpc) is 3.58. The molecular weight excluding hydrogens is 424 g/mol. The smallest absolute Gasteiger partial charge is 0.228 e. The third-order valence-electron chi connectivity index (χ3n) is 5.69. The molecule has 1 aromatic carbocycles. The first-order chi connectivity index (χ1) is 15.8. The maximum absolute atomic E-state index is 5.68. The largest absolute Gasteiger partial charge is 0.497 e. The van der Waals surface area contributed by atoms with Gasteiger partial charge in [-0.2, -0.15) is 4.98 Å². The summed E-state index contributed by atoms with van der Waals surface area (Å²) in [6.45, 7) is 2.50. The highest BCUT2D eigenvalue weighted by Crippen LogP contribution is 2.34. The van der Waals surface area contributed by atoms with Gasteiger partial charge in [0.25, 0.3) is 0 Å². The van der Waals surface area contributed by atoms with Crippen molar-refractivity contribution in [3.8, 4) is 17.0 Å². The summed E-state index contributed by atoms with van der Waals surface area (Å²) in [5, 5.41) is 6.22. The summed E-state index contributed by atoms with van der Waals surface area (Å²) >= 11 is 1.55. The summed E-state index contributed by atoms with van der Waals surface area (Å²) < 4.78 is 11.1. The highest BCUT2D eigenvalue weighted by Gasteiger charge is 2.26. The molecule has 0 bridgehead atoms. The van der Waals surface area contributed by atoms with Gasteiger partial charge in [-0.25, -0.2) is 9.97 Å². The quantitative estimate of drug-likeness (QED) is 0.488. The molecule has 4 aromatic rings. The average molecular weight is 445 g/mol. The lowest BCUT2D eigenvalue weighted by Gasteiger charge is -2.18. The van der Waals surface area contributed by atoms with Crippen molar-refractivity contribution in [2.24, 2.45) is 0 Å².